The minimum Gasteiger partial charge on any atom is -0.726 e. The quantitative estimate of drug-likeness (QED) is 0.0281. The second-order valence-corrected chi connectivity index (χ2v) is 13.6. The third kappa shape index (κ3) is 41.5. The van der Waals surface area contributed by atoms with E-state index in [1.54, 1.807) is 0 Å². The van der Waals surface area contributed by atoms with Gasteiger partial charge in [0.1, 0.15) is 0 Å². The predicted molar refractivity (Wildman–Crippen MR) is 179 cm³/mol. The van der Waals surface area contributed by atoms with Crippen molar-refractivity contribution in [1.29, 1.82) is 0 Å². The molecular weight excluding hydrogens is 530 g/mol. The summed E-state index contributed by atoms with van der Waals surface area (Å²) in [5.41, 5.74) is 0. The molecule has 0 heterocycles. The molecule has 0 saturated carbocycles. The standard InChI is InChI=1S/C34H68N.CH4O4S/c1-5-7-9-11-13-15-17-19-21-23-25-27-29-31-33-35(3,4)34-32-30-28-26-24-22-20-18-16-14-12-10-8-6-2;1-5-6(2,3)4/h25-28H,5-24,29-34H2,1-4H3;1H3,(H,2,3,4)/q+1;/p-1. The minimum absolute atomic E-state index is 0.808. The van der Waals surface area contributed by atoms with Gasteiger partial charge in [-0.05, 0) is 51.4 Å². The zero-order chi connectivity index (χ0) is 30.9. The number of unbranched alkanes of at least 4 members (excludes halogenated alkanes) is 20. The van der Waals surface area contributed by atoms with Crippen molar-refractivity contribution in [2.45, 2.75) is 168 Å². The summed E-state index contributed by atoms with van der Waals surface area (Å²) < 4.78 is 32.2. The van der Waals surface area contributed by atoms with Crippen LogP contribution in [0, 0.1) is 0 Å². The highest BCUT2D eigenvalue weighted by Gasteiger charge is 2.12. The van der Waals surface area contributed by atoms with Crippen LogP contribution in [0.3, 0.4) is 0 Å². The van der Waals surface area contributed by atoms with E-state index < -0.39 is 10.4 Å². The van der Waals surface area contributed by atoms with Crippen molar-refractivity contribution in [3.05, 3.63) is 24.3 Å². The van der Waals surface area contributed by atoms with E-state index in [0.29, 0.717) is 0 Å². The third-order valence-corrected chi connectivity index (χ3v) is 8.16. The van der Waals surface area contributed by atoms with Crippen molar-refractivity contribution in [3.8, 4) is 0 Å². The average Bonchev–Trinajstić information content (AvgIpc) is 2.93. The first-order chi connectivity index (χ1) is 19.7. The first kappa shape index (κ1) is 42.4. The Labute approximate surface area is 258 Å². The second kappa shape index (κ2) is 32.2. The lowest BCUT2D eigenvalue weighted by Gasteiger charge is -2.29. The minimum atomic E-state index is -4.41. The van der Waals surface area contributed by atoms with Gasteiger partial charge in [-0.3, -0.25) is 4.18 Å². The molecule has 0 aliphatic carbocycles. The number of hydrogen-bond donors (Lipinski definition) is 0. The molecule has 0 bridgehead atoms. The topological polar surface area (TPSA) is 66.4 Å². The van der Waals surface area contributed by atoms with E-state index >= 15 is 0 Å². The van der Waals surface area contributed by atoms with Crippen molar-refractivity contribution in [3.63, 3.8) is 0 Å². The molecule has 0 aromatic rings. The van der Waals surface area contributed by atoms with Crippen LogP contribution in [0.2, 0.25) is 0 Å². The molecule has 0 aliphatic heterocycles. The Morgan fingerprint density at radius 1 is 0.512 bits per heavy atom. The Hall–Kier alpha value is -0.690. The molecule has 0 amide bonds. The summed E-state index contributed by atoms with van der Waals surface area (Å²) in [4.78, 5) is 0. The second-order valence-electron chi connectivity index (χ2n) is 12.4. The van der Waals surface area contributed by atoms with Crippen molar-refractivity contribution >= 4 is 10.4 Å². The van der Waals surface area contributed by atoms with E-state index in [1.807, 2.05) is 0 Å². The average molecular weight is 602 g/mol. The number of rotatable bonds is 29. The summed E-state index contributed by atoms with van der Waals surface area (Å²) in [6, 6.07) is 0. The molecule has 0 aromatic carbocycles. The van der Waals surface area contributed by atoms with Gasteiger partial charge in [-0.1, -0.05) is 141 Å². The van der Waals surface area contributed by atoms with Crippen LogP contribution < -0.4 is 0 Å². The summed E-state index contributed by atoms with van der Waals surface area (Å²) >= 11 is 0. The molecule has 246 valence electrons. The van der Waals surface area contributed by atoms with Crippen molar-refractivity contribution < 1.29 is 21.6 Å². The number of quaternary nitrogens is 1. The largest absolute Gasteiger partial charge is 0.726 e. The van der Waals surface area contributed by atoms with Gasteiger partial charge in [0.05, 0.1) is 34.3 Å². The van der Waals surface area contributed by atoms with Gasteiger partial charge in [0.15, 0.2) is 0 Å². The molecule has 5 nitrogen and oxygen atoms in total. The fourth-order valence-corrected chi connectivity index (χ4v) is 5.00. The van der Waals surface area contributed by atoms with Crippen LogP contribution in [-0.4, -0.2) is 51.7 Å². The molecule has 0 aromatic heterocycles. The van der Waals surface area contributed by atoms with Gasteiger partial charge in [-0.15, -0.1) is 0 Å². The fraction of sp³-hybridized carbons (Fsp3) is 0.886. The van der Waals surface area contributed by atoms with E-state index in [0.717, 1.165) is 7.11 Å². The molecule has 0 N–H and O–H groups in total. The van der Waals surface area contributed by atoms with E-state index in [-0.39, 0.29) is 0 Å². The summed E-state index contributed by atoms with van der Waals surface area (Å²) in [7, 11) is 1.23. The van der Waals surface area contributed by atoms with Gasteiger partial charge in [0.2, 0.25) is 10.4 Å². The van der Waals surface area contributed by atoms with E-state index in [4.69, 9.17) is 0 Å². The number of allylic oxidation sites excluding steroid dienone is 4. The van der Waals surface area contributed by atoms with Crippen molar-refractivity contribution in [2.24, 2.45) is 0 Å². The molecule has 41 heavy (non-hydrogen) atoms. The van der Waals surface area contributed by atoms with Crippen LogP contribution in [0.4, 0.5) is 0 Å². The lowest BCUT2D eigenvalue weighted by molar-refractivity contribution is -0.890. The van der Waals surface area contributed by atoms with Gasteiger partial charge in [-0.2, -0.15) is 0 Å². The van der Waals surface area contributed by atoms with Gasteiger partial charge in [-0.25, -0.2) is 8.42 Å². The third-order valence-electron chi connectivity index (χ3n) is 7.75. The van der Waals surface area contributed by atoms with Crippen LogP contribution in [0.5, 0.6) is 0 Å². The van der Waals surface area contributed by atoms with Crippen molar-refractivity contribution in [2.75, 3.05) is 34.3 Å². The summed E-state index contributed by atoms with van der Waals surface area (Å²) in [6.07, 6.45) is 43.3. The molecule has 0 radical (unpaired) electrons. The van der Waals surface area contributed by atoms with Crippen LogP contribution in [-0.2, 0) is 14.6 Å². The van der Waals surface area contributed by atoms with Gasteiger partial charge in [0, 0.05) is 0 Å². The Morgan fingerprint density at radius 3 is 1.02 bits per heavy atom. The molecule has 6 heteroatoms. The maximum absolute atomic E-state index is 9.22. The van der Waals surface area contributed by atoms with Crippen LogP contribution >= 0.6 is 0 Å². The van der Waals surface area contributed by atoms with Crippen molar-refractivity contribution in [1.82, 2.24) is 0 Å². The summed E-state index contributed by atoms with van der Waals surface area (Å²) in [6.45, 7) is 7.22. The zero-order valence-corrected chi connectivity index (χ0v) is 29.0. The van der Waals surface area contributed by atoms with E-state index in [9.17, 15) is 13.0 Å². The SMILES string of the molecule is CCCCCCCCCCCC=CCCC[N+](C)(C)CCCC=CCCCCCCCCCCC.COS(=O)(=O)[O-]. The number of nitrogens with zero attached hydrogens (tertiary/aromatic N) is 1. The highest BCUT2D eigenvalue weighted by Crippen LogP contribution is 2.12. The Bertz CT molecular complexity index is 634. The highest BCUT2D eigenvalue weighted by atomic mass is 32.3. The lowest BCUT2D eigenvalue weighted by atomic mass is 10.1. The summed E-state index contributed by atoms with van der Waals surface area (Å²) in [5.74, 6) is 0. The maximum Gasteiger partial charge on any atom is 0.217 e. The van der Waals surface area contributed by atoms with E-state index in [1.165, 1.54) is 172 Å². The fourth-order valence-electron chi connectivity index (χ4n) is 5.00. The first-order valence-electron chi connectivity index (χ1n) is 17.3. The Kier molecular flexibility index (Phi) is 33.4. The Morgan fingerprint density at radius 2 is 0.756 bits per heavy atom. The monoisotopic (exact) mass is 602 g/mol. The first-order valence-corrected chi connectivity index (χ1v) is 18.6. The number of hydrogen-bond acceptors (Lipinski definition) is 4. The zero-order valence-electron chi connectivity index (χ0n) is 28.2. The Balaban J connectivity index is 0. The van der Waals surface area contributed by atoms with E-state index in [2.05, 4.69) is 56.4 Å². The molecule has 0 saturated heterocycles. The molecule has 0 aliphatic rings. The molecule has 0 rings (SSSR count). The molecule has 0 unspecified atom stereocenters. The molecule has 0 atom stereocenters. The predicted octanol–water partition coefficient (Wildman–Crippen LogP) is 10.7. The highest BCUT2D eigenvalue weighted by molar-refractivity contribution is 7.80. The van der Waals surface area contributed by atoms with Gasteiger partial charge < -0.3 is 9.04 Å². The van der Waals surface area contributed by atoms with Gasteiger partial charge >= 0.3 is 0 Å². The van der Waals surface area contributed by atoms with Crippen LogP contribution in [0.25, 0.3) is 0 Å². The molecule has 0 spiro atoms. The lowest BCUT2D eigenvalue weighted by Crippen LogP contribution is -2.41. The van der Waals surface area contributed by atoms with Crippen LogP contribution in [0.15, 0.2) is 24.3 Å². The normalized spacial score (nSPS) is 12.3. The smallest absolute Gasteiger partial charge is 0.217 e. The maximum atomic E-state index is 9.22. The van der Waals surface area contributed by atoms with Gasteiger partial charge in [0.25, 0.3) is 0 Å². The summed E-state index contributed by atoms with van der Waals surface area (Å²) in [5, 5.41) is 0. The van der Waals surface area contributed by atoms with Crippen LogP contribution in [0.1, 0.15) is 168 Å². The molecule has 0 fully saturated rings. The molecular formula is C35H71NO4S.